The fraction of sp³-hybridized carbons (Fsp3) is 0.333. The van der Waals surface area contributed by atoms with Crippen LogP contribution in [-0.4, -0.2) is 16.1 Å². The van der Waals surface area contributed by atoms with Crippen molar-refractivity contribution < 1.29 is 4.79 Å². The lowest BCUT2D eigenvalue weighted by atomic mass is 10.1. The molecule has 0 unspecified atom stereocenters. The molecule has 4 nitrogen and oxygen atoms in total. The van der Waals surface area contributed by atoms with Gasteiger partial charge >= 0.3 is 0 Å². The molecule has 0 spiro atoms. The average molecular weight is 257 g/mol. The maximum atomic E-state index is 11.7. The number of rotatable bonds is 6. The molecule has 0 saturated carbocycles. The van der Waals surface area contributed by atoms with Crippen molar-refractivity contribution in [2.24, 2.45) is 0 Å². The van der Waals surface area contributed by atoms with E-state index in [9.17, 15) is 4.79 Å². The first-order chi connectivity index (χ1) is 9.25. The quantitative estimate of drug-likeness (QED) is 0.834. The van der Waals surface area contributed by atoms with Crippen LogP contribution in [0, 0.1) is 6.92 Å². The predicted octanol–water partition coefficient (Wildman–Crippen LogP) is 2.36. The molecule has 0 atom stereocenters. The number of aromatic amines is 1. The number of benzene rings is 1. The van der Waals surface area contributed by atoms with E-state index in [0.29, 0.717) is 13.0 Å². The monoisotopic (exact) mass is 257 g/mol. The summed E-state index contributed by atoms with van der Waals surface area (Å²) in [7, 11) is 0. The summed E-state index contributed by atoms with van der Waals surface area (Å²) >= 11 is 0. The van der Waals surface area contributed by atoms with Crippen LogP contribution in [0.2, 0.25) is 0 Å². The largest absolute Gasteiger partial charge is 0.352 e. The Hall–Kier alpha value is -2.10. The minimum atomic E-state index is 0.0940. The number of amides is 1. The van der Waals surface area contributed by atoms with Gasteiger partial charge in [0, 0.05) is 24.2 Å². The summed E-state index contributed by atoms with van der Waals surface area (Å²) < 4.78 is 0. The van der Waals surface area contributed by atoms with Gasteiger partial charge in [-0.25, -0.2) is 0 Å². The molecular formula is C15H19N3O. The summed E-state index contributed by atoms with van der Waals surface area (Å²) in [5.41, 5.74) is 3.32. The van der Waals surface area contributed by atoms with E-state index in [-0.39, 0.29) is 5.91 Å². The van der Waals surface area contributed by atoms with Gasteiger partial charge < -0.3 is 5.32 Å². The van der Waals surface area contributed by atoms with Gasteiger partial charge in [-0.15, -0.1) is 0 Å². The molecular weight excluding hydrogens is 238 g/mol. The van der Waals surface area contributed by atoms with Crippen molar-refractivity contribution in [2.75, 3.05) is 0 Å². The van der Waals surface area contributed by atoms with Crippen LogP contribution in [0.4, 0.5) is 0 Å². The lowest BCUT2D eigenvalue weighted by Gasteiger charge is -2.04. The fourth-order valence-corrected chi connectivity index (χ4v) is 1.93. The second-order valence-corrected chi connectivity index (χ2v) is 4.64. The SMILES string of the molecule is Cc1[nH]ncc1CNC(=O)CCCc1ccccc1. The van der Waals surface area contributed by atoms with Crippen LogP contribution < -0.4 is 5.32 Å². The van der Waals surface area contributed by atoms with Gasteiger partial charge in [-0.1, -0.05) is 30.3 Å². The number of hydrogen-bond donors (Lipinski definition) is 2. The second kappa shape index (κ2) is 6.73. The van der Waals surface area contributed by atoms with E-state index in [2.05, 4.69) is 27.6 Å². The summed E-state index contributed by atoms with van der Waals surface area (Å²) in [4.78, 5) is 11.7. The molecule has 1 amide bonds. The summed E-state index contributed by atoms with van der Waals surface area (Å²) in [6, 6.07) is 10.2. The number of carbonyl (C=O) groups excluding carboxylic acids is 1. The zero-order chi connectivity index (χ0) is 13.5. The van der Waals surface area contributed by atoms with Gasteiger partial charge in [-0.05, 0) is 25.3 Å². The zero-order valence-corrected chi connectivity index (χ0v) is 11.1. The van der Waals surface area contributed by atoms with Crippen LogP contribution in [0.25, 0.3) is 0 Å². The summed E-state index contributed by atoms with van der Waals surface area (Å²) in [5, 5.41) is 9.69. The number of nitrogens with one attached hydrogen (secondary N) is 2. The van der Waals surface area contributed by atoms with Gasteiger partial charge in [0.05, 0.1) is 6.20 Å². The Morgan fingerprint density at radius 1 is 1.32 bits per heavy atom. The first-order valence-corrected chi connectivity index (χ1v) is 6.55. The van der Waals surface area contributed by atoms with Crippen LogP contribution in [0.15, 0.2) is 36.5 Å². The van der Waals surface area contributed by atoms with Gasteiger partial charge in [0.15, 0.2) is 0 Å². The average Bonchev–Trinajstić information content (AvgIpc) is 2.83. The molecule has 0 saturated heterocycles. The highest BCUT2D eigenvalue weighted by atomic mass is 16.1. The van der Waals surface area contributed by atoms with E-state index in [1.54, 1.807) is 6.20 Å². The van der Waals surface area contributed by atoms with Crippen molar-refractivity contribution in [2.45, 2.75) is 32.7 Å². The Bertz CT molecular complexity index is 519. The topological polar surface area (TPSA) is 57.8 Å². The van der Waals surface area contributed by atoms with Crippen molar-refractivity contribution in [3.05, 3.63) is 53.3 Å². The lowest BCUT2D eigenvalue weighted by molar-refractivity contribution is -0.121. The van der Waals surface area contributed by atoms with Crippen LogP contribution in [-0.2, 0) is 17.8 Å². The minimum absolute atomic E-state index is 0.0940. The van der Waals surface area contributed by atoms with Crippen molar-refractivity contribution in [3.8, 4) is 0 Å². The summed E-state index contributed by atoms with van der Waals surface area (Å²) in [6.07, 6.45) is 4.13. The zero-order valence-electron chi connectivity index (χ0n) is 11.1. The third-order valence-corrected chi connectivity index (χ3v) is 3.12. The maximum absolute atomic E-state index is 11.7. The van der Waals surface area contributed by atoms with Gasteiger partial charge in [0.1, 0.15) is 0 Å². The first kappa shape index (κ1) is 13.3. The number of aryl methyl sites for hydroxylation is 2. The summed E-state index contributed by atoms with van der Waals surface area (Å²) in [6.45, 7) is 2.50. The molecule has 1 heterocycles. The molecule has 1 aromatic heterocycles. The van der Waals surface area contributed by atoms with Crippen molar-refractivity contribution >= 4 is 5.91 Å². The van der Waals surface area contributed by atoms with Gasteiger partial charge in [-0.2, -0.15) is 5.10 Å². The molecule has 0 aliphatic rings. The lowest BCUT2D eigenvalue weighted by Crippen LogP contribution is -2.22. The van der Waals surface area contributed by atoms with E-state index in [0.717, 1.165) is 24.1 Å². The Labute approximate surface area is 113 Å². The van der Waals surface area contributed by atoms with E-state index in [1.807, 2.05) is 25.1 Å². The van der Waals surface area contributed by atoms with Crippen molar-refractivity contribution in [3.63, 3.8) is 0 Å². The van der Waals surface area contributed by atoms with Crippen LogP contribution >= 0.6 is 0 Å². The molecule has 0 aliphatic carbocycles. The number of hydrogen-bond acceptors (Lipinski definition) is 2. The van der Waals surface area contributed by atoms with Gasteiger partial charge in [0.2, 0.25) is 5.91 Å². The third kappa shape index (κ3) is 4.25. The molecule has 0 bridgehead atoms. The molecule has 4 heteroatoms. The Morgan fingerprint density at radius 2 is 2.11 bits per heavy atom. The standard InChI is InChI=1S/C15H19N3O/c1-12-14(11-17-18-12)10-16-15(19)9-5-8-13-6-3-2-4-7-13/h2-4,6-7,11H,5,8-10H2,1H3,(H,16,19)(H,17,18). The normalized spacial score (nSPS) is 10.4. The molecule has 2 N–H and O–H groups in total. The van der Waals surface area contributed by atoms with Gasteiger partial charge in [0.25, 0.3) is 0 Å². The molecule has 0 aliphatic heterocycles. The number of carbonyl (C=O) groups is 1. The Kier molecular flexibility index (Phi) is 4.72. The fourth-order valence-electron chi connectivity index (χ4n) is 1.93. The maximum Gasteiger partial charge on any atom is 0.220 e. The first-order valence-electron chi connectivity index (χ1n) is 6.55. The third-order valence-electron chi connectivity index (χ3n) is 3.12. The highest BCUT2D eigenvalue weighted by Crippen LogP contribution is 2.05. The van der Waals surface area contributed by atoms with Crippen LogP contribution in [0.1, 0.15) is 29.7 Å². The smallest absolute Gasteiger partial charge is 0.220 e. The number of H-pyrrole nitrogens is 1. The van der Waals surface area contributed by atoms with Gasteiger partial charge in [-0.3, -0.25) is 9.89 Å². The van der Waals surface area contributed by atoms with E-state index in [1.165, 1.54) is 5.56 Å². The highest BCUT2D eigenvalue weighted by molar-refractivity contribution is 5.75. The number of nitrogens with zero attached hydrogens (tertiary/aromatic N) is 1. The molecule has 100 valence electrons. The van der Waals surface area contributed by atoms with Crippen molar-refractivity contribution in [1.82, 2.24) is 15.5 Å². The highest BCUT2D eigenvalue weighted by Gasteiger charge is 2.04. The number of aromatic nitrogens is 2. The van der Waals surface area contributed by atoms with E-state index in [4.69, 9.17) is 0 Å². The molecule has 1 aromatic carbocycles. The molecule has 19 heavy (non-hydrogen) atoms. The van der Waals surface area contributed by atoms with E-state index >= 15 is 0 Å². The molecule has 0 radical (unpaired) electrons. The van der Waals surface area contributed by atoms with Crippen molar-refractivity contribution in [1.29, 1.82) is 0 Å². The summed E-state index contributed by atoms with van der Waals surface area (Å²) in [5.74, 6) is 0.0940. The van der Waals surface area contributed by atoms with Crippen LogP contribution in [0.3, 0.4) is 0 Å². The molecule has 0 fully saturated rings. The van der Waals surface area contributed by atoms with Crippen LogP contribution in [0.5, 0.6) is 0 Å². The molecule has 2 rings (SSSR count). The second-order valence-electron chi connectivity index (χ2n) is 4.64. The van der Waals surface area contributed by atoms with E-state index < -0.39 is 0 Å². The predicted molar refractivity (Wildman–Crippen MR) is 74.6 cm³/mol. The Balaban J connectivity index is 1.66. The molecule has 2 aromatic rings. The Morgan fingerprint density at radius 3 is 2.79 bits per heavy atom. The minimum Gasteiger partial charge on any atom is -0.352 e.